The zero-order chi connectivity index (χ0) is 15.8. The van der Waals surface area contributed by atoms with Crippen molar-refractivity contribution in [1.82, 2.24) is 14.3 Å². The van der Waals surface area contributed by atoms with Crippen LogP contribution in [-0.2, 0) is 0 Å². The van der Waals surface area contributed by atoms with Crippen LogP contribution in [0.15, 0.2) is 48.8 Å². The molecule has 0 amide bonds. The lowest BCUT2D eigenvalue weighted by atomic mass is 9.89. The Labute approximate surface area is 137 Å². The molecule has 118 valence electrons. The molecule has 0 spiro atoms. The summed E-state index contributed by atoms with van der Waals surface area (Å²) in [6, 6.07) is 13.5. The molecule has 0 radical (unpaired) electrons. The predicted molar refractivity (Wildman–Crippen MR) is 94.8 cm³/mol. The first-order valence-electron chi connectivity index (χ1n) is 8.43. The minimum absolute atomic E-state index is 0.720. The molecule has 3 heterocycles. The largest absolute Gasteiger partial charge is 0.306 e. The van der Waals surface area contributed by atoms with Crippen LogP contribution in [0.1, 0.15) is 30.0 Å². The molecule has 2 aromatic heterocycles. The van der Waals surface area contributed by atoms with Crippen molar-refractivity contribution >= 4 is 5.65 Å². The summed E-state index contributed by atoms with van der Waals surface area (Å²) in [6.45, 7) is 4.50. The van der Waals surface area contributed by atoms with E-state index in [1.807, 2.05) is 6.20 Å². The molecule has 3 nitrogen and oxygen atoms in total. The van der Waals surface area contributed by atoms with Crippen molar-refractivity contribution in [3.8, 4) is 11.1 Å². The van der Waals surface area contributed by atoms with E-state index in [1.165, 1.54) is 48.3 Å². The summed E-state index contributed by atoms with van der Waals surface area (Å²) in [5, 5.41) is 0. The highest BCUT2D eigenvalue weighted by molar-refractivity contribution is 5.67. The van der Waals surface area contributed by atoms with Gasteiger partial charge in [0.05, 0.1) is 0 Å². The topological polar surface area (TPSA) is 20.5 Å². The van der Waals surface area contributed by atoms with Crippen LogP contribution < -0.4 is 0 Å². The van der Waals surface area contributed by atoms with Crippen molar-refractivity contribution in [1.29, 1.82) is 0 Å². The smallest absolute Gasteiger partial charge is 0.137 e. The number of rotatable bonds is 2. The van der Waals surface area contributed by atoms with Crippen LogP contribution in [0.4, 0.5) is 0 Å². The molecule has 1 aromatic carbocycles. The molecule has 1 aliphatic heterocycles. The Hall–Kier alpha value is -2.13. The van der Waals surface area contributed by atoms with Gasteiger partial charge in [0.25, 0.3) is 0 Å². The number of imidazole rings is 1. The normalized spacial score (nSPS) is 17.0. The maximum Gasteiger partial charge on any atom is 0.137 e. The van der Waals surface area contributed by atoms with Gasteiger partial charge in [-0.15, -0.1) is 0 Å². The van der Waals surface area contributed by atoms with Crippen LogP contribution >= 0.6 is 0 Å². The van der Waals surface area contributed by atoms with Gasteiger partial charge in [0.1, 0.15) is 5.65 Å². The SMILES string of the molecule is Cc1cnc2cc(-c3ccc(C4CCN(C)CC4)cc3)ccn12. The van der Waals surface area contributed by atoms with Crippen LogP contribution in [0, 0.1) is 6.92 Å². The van der Waals surface area contributed by atoms with Crippen LogP contribution in [0.3, 0.4) is 0 Å². The fourth-order valence-electron chi connectivity index (χ4n) is 3.58. The van der Waals surface area contributed by atoms with Crippen molar-refractivity contribution in [2.45, 2.75) is 25.7 Å². The van der Waals surface area contributed by atoms with Gasteiger partial charge < -0.3 is 9.30 Å². The lowest BCUT2D eigenvalue weighted by molar-refractivity contribution is 0.255. The Balaban J connectivity index is 1.59. The predicted octanol–water partition coefficient (Wildman–Crippen LogP) is 4.12. The Bertz CT molecular complexity index is 809. The van der Waals surface area contributed by atoms with Crippen molar-refractivity contribution in [3.05, 3.63) is 60.0 Å². The first-order chi connectivity index (χ1) is 11.2. The van der Waals surface area contributed by atoms with Gasteiger partial charge in [0.15, 0.2) is 0 Å². The van der Waals surface area contributed by atoms with Gasteiger partial charge in [0, 0.05) is 18.1 Å². The summed E-state index contributed by atoms with van der Waals surface area (Å²) in [4.78, 5) is 6.88. The first kappa shape index (κ1) is 14.5. The van der Waals surface area contributed by atoms with E-state index in [0.717, 1.165) is 11.6 Å². The molecular weight excluding hydrogens is 282 g/mol. The zero-order valence-electron chi connectivity index (χ0n) is 13.9. The average Bonchev–Trinajstić information content (AvgIpc) is 2.96. The second-order valence-corrected chi connectivity index (χ2v) is 6.74. The Morgan fingerprint density at radius 2 is 1.74 bits per heavy atom. The van der Waals surface area contributed by atoms with Crippen LogP contribution in [-0.4, -0.2) is 34.4 Å². The third-order valence-electron chi connectivity index (χ3n) is 5.13. The highest BCUT2D eigenvalue weighted by atomic mass is 15.1. The average molecular weight is 305 g/mol. The third-order valence-corrected chi connectivity index (χ3v) is 5.13. The van der Waals surface area contributed by atoms with Gasteiger partial charge in [-0.25, -0.2) is 4.98 Å². The lowest BCUT2D eigenvalue weighted by Gasteiger charge is -2.29. The van der Waals surface area contributed by atoms with Gasteiger partial charge in [-0.2, -0.15) is 0 Å². The van der Waals surface area contributed by atoms with E-state index >= 15 is 0 Å². The Kier molecular flexibility index (Phi) is 3.66. The Morgan fingerprint density at radius 3 is 2.48 bits per heavy atom. The van der Waals surface area contributed by atoms with Crippen LogP contribution in [0.25, 0.3) is 16.8 Å². The number of likely N-dealkylation sites (tertiary alicyclic amines) is 1. The molecule has 0 bridgehead atoms. The van der Waals surface area contributed by atoms with E-state index in [0.29, 0.717) is 0 Å². The molecule has 0 atom stereocenters. The lowest BCUT2D eigenvalue weighted by Crippen LogP contribution is -2.29. The van der Waals surface area contributed by atoms with E-state index < -0.39 is 0 Å². The number of nitrogens with zero attached hydrogens (tertiary/aromatic N) is 3. The first-order valence-corrected chi connectivity index (χ1v) is 8.43. The number of fused-ring (bicyclic) bond motifs is 1. The van der Waals surface area contributed by atoms with E-state index in [9.17, 15) is 0 Å². The molecule has 4 rings (SSSR count). The van der Waals surface area contributed by atoms with Crippen molar-refractivity contribution in [2.24, 2.45) is 0 Å². The van der Waals surface area contributed by atoms with Gasteiger partial charge in [-0.05, 0) is 74.6 Å². The standard InChI is InChI=1S/C20H23N3/c1-15-14-21-20-13-19(9-12-23(15)20)17-5-3-16(4-6-17)18-7-10-22(2)11-8-18/h3-6,9,12-14,18H,7-8,10-11H2,1-2H3. The molecule has 3 aromatic rings. The molecule has 0 N–H and O–H groups in total. The number of piperidine rings is 1. The second-order valence-electron chi connectivity index (χ2n) is 6.74. The van der Waals surface area contributed by atoms with E-state index in [-0.39, 0.29) is 0 Å². The van der Waals surface area contributed by atoms with Crippen molar-refractivity contribution in [3.63, 3.8) is 0 Å². The van der Waals surface area contributed by atoms with Crippen LogP contribution in [0.5, 0.6) is 0 Å². The van der Waals surface area contributed by atoms with E-state index in [1.54, 1.807) is 0 Å². The minimum atomic E-state index is 0.720. The summed E-state index contributed by atoms with van der Waals surface area (Å²) in [5.41, 5.74) is 6.17. The summed E-state index contributed by atoms with van der Waals surface area (Å²) in [6.07, 6.45) is 6.57. The Morgan fingerprint density at radius 1 is 1.00 bits per heavy atom. The maximum atomic E-state index is 4.46. The van der Waals surface area contributed by atoms with Gasteiger partial charge in [0.2, 0.25) is 0 Å². The monoisotopic (exact) mass is 305 g/mol. The van der Waals surface area contributed by atoms with Gasteiger partial charge in [-0.3, -0.25) is 0 Å². The molecule has 0 aliphatic carbocycles. The fraction of sp³-hybridized carbons (Fsp3) is 0.350. The summed E-state index contributed by atoms with van der Waals surface area (Å²) >= 11 is 0. The summed E-state index contributed by atoms with van der Waals surface area (Å²) in [5.74, 6) is 0.720. The number of aromatic nitrogens is 2. The van der Waals surface area contributed by atoms with E-state index in [4.69, 9.17) is 0 Å². The quantitative estimate of drug-likeness (QED) is 0.710. The summed E-state index contributed by atoms with van der Waals surface area (Å²) in [7, 11) is 2.22. The zero-order valence-corrected chi connectivity index (χ0v) is 13.9. The van der Waals surface area contributed by atoms with Gasteiger partial charge in [-0.1, -0.05) is 24.3 Å². The highest BCUT2D eigenvalue weighted by Crippen LogP contribution is 2.29. The number of hydrogen-bond donors (Lipinski definition) is 0. The maximum absolute atomic E-state index is 4.46. The molecule has 3 heteroatoms. The van der Waals surface area contributed by atoms with Crippen molar-refractivity contribution in [2.75, 3.05) is 20.1 Å². The highest BCUT2D eigenvalue weighted by Gasteiger charge is 2.18. The molecule has 1 saturated heterocycles. The number of aryl methyl sites for hydroxylation is 1. The van der Waals surface area contributed by atoms with Crippen LogP contribution in [0.2, 0.25) is 0 Å². The molecule has 0 unspecified atom stereocenters. The third kappa shape index (κ3) is 2.77. The number of pyridine rings is 1. The molecule has 1 fully saturated rings. The molecular formula is C20H23N3. The van der Waals surface area contributed by atoms with Gasteiger partial charge >= 0.3 is 0 Å². The second kappa shape index (κ2) is 5.82. The molecule has 0 saturated carbocycles. The fourth-order valence-corrected chi connectivity index (χ4v) is 3.58. The summed E-state index contributed by atoms with van der Waals surface area (Å²) < 4.78 is 2.12. The molecule has 1 aliphatic rings. The molecule has 23 heavy (non-hydrogen) atoms. The number of hydrogen-bond acceptors (Lipinski definition) is 2. The minimum Gasteiger partial charge on any atom is -0.306 e. The number of benzene rings is 1. The van der Waals surface area contributed by atoms with Crippen molar-refractivity contribution < 1.29 is 0 Å². The van der Waals surface area contributed by atoms with E-state index in [2.05, 4.69) is 70.9 Å².